The van der Waals surface area contributed by atoms with Crippen LogP contribution in [0, 0.1) is 17.0 Å². The van der Waals surface area contributed by atoms with E-state index >= 15 is 0 Å². The number of rotatable bonds is 5. The maximum atomic E-state index is 14.7. The lowest BCUT2D eigenvalue weighted by molar-refractivity contribution is 0.161. The molecule has 2 aromatic rings. The highest BCUT2D eigenvalue weighted by Crippen LogP contribution is 2.37. The summed E-state index contributed by atoms with van der Waals surface area (Å²) < 4.78 is 29.5. The molecule has 2 heterocycles. The van der Waals surface area contributed by atoms with E-state index in [-0.39, 0.29) is 38.8 Å². The lowest BCUT2D eigenvalue weighted by Crippen LogP contribution is -2.61. The van der Waals surface area contributed by atoms with Crippen LogP contribution in [-0.2, 0) is 0 Å². The predicted molar refractivity (Wildman–Crippen MR) is 119 cm³/mol. The highest BCUT2D eigenvalue weighted by Gasteiger charge is 2.39. The van der Waals surface area contributed by atoms with Crippen LogP contribution in [0.2, 0.25) is 0 Å². The summed E-state index contributed by atoms with van der Waals surface area (Å²) >= 11 is 1.16. The van der Waals surface area contributed by atoms with E-state index in [1.165, 1.54) is 0 Å². The highest BCUT2D eigenvalue weighted by molar-refractivity contribution is 7.18. The molecule has 1 aromatic carbocycles. The Balaban J connectivity index is 1.90. The predicted octanol–water partition coefficient (Wildman–Crippen LogP) is 4.18. The van der Waals surface area contributed by atoms with Crippen molar-refractivity contribution in [2.75, 3.05) is 11.9 Å². The molecular formula is C21H28F2N6S. The standard InChI is InChI=1S/C21H28F2N6S/c1-20(2)8-14(9-21(3,4)28-20)29(5)19-27-26-18(30-19)17-15(22)6-12(7-16(17)23)13(10-24)11-25/h6-7,10-11,14,24,28H,8-9,25H2,1-5H3/b13-11+,24-10?. The number of hydrogen-bond donors (Lipinski definition) is 3. The van der Waals surface area contributed by atoms with Gasteiger partial charge < -0.3 is 21.4 Å². The van der Waals surface area contributed by atoms with Crippen molar-refractivity contribution in [3.8, 4) is 10.6 Å². The maximum absolute atomic E-state index is 14.7. The van der Waals surface area contributed by atoms with Crippen molar-refractivity contribution in [1.82, 2.24) is 15.5 Å². The SMILES string of the molecule is CN(c1nnc(-c2c(F)cc(/C(C=N)=C/N)cc2F)s1)C1CC(C)(C)NC(C)(C)C1. The molecule has 162 valence electrons. The molecule has 0 bridgehead atoms. The zero-order valence-electron chi connectivity index (χ0n) is 17.9. The van der Waals surface area contributed by atoms with E-state index in [0.29, 0.717) is 5.13 Å². The Labute approximate surface area is 179 Å². The van der Waals surface area contributed by atoms with Crippen LogP contribution in [0.15, 0.2) is 18.3 Å². The number of nitrogens with zero attached hydrogens (tertiary/aromatic N) is 3. The molecule has 0 spiro atoms. The number of benzene rings is 1. The van der Waals surface area contributed by atoms with Crippen molar-refractivity contribution in [2.24, 2.45) is 5.73 Å². The fraction of sp³-hybridized carbons (Fsp3) is 0.476. The quantitative estimate of drug-likeness (QED) is 0.614. The molecule has 0 radical (unpaired) electrons. The second-order valence-electron chi connectivity index (χ2n) is 9.04. The van der Waals surface area contributed by atoms with Crippen LogP contribution >= 0.6 is 11.3 Å². The van der Waals surface area contributed by atoms with Gasteiger partial charge in [0.05, 0.1) is 5.56 Å². The zero-order chi connectivity index (χ0) is 22.3. The van der Waals surface area contributed by atoms with Gasteiger partial charge in [-0.3, -0.25) is 0 Å². The monoisotopic (exact) mass is 434 g/mol. The number of nitrogens with two attached hydrogens (primary N) is 1. The van der Waals surface area contributed by atoms with Gasteiger partial charge in [-0.2, -0.15) is 0 Å². The third kappa shape index (κ3) is 4.52. The normalized spacial score (nSPS) is 19.0. The van der Waals surface area contributed by atoms with Gasteiger partial charge in [0.15, 0.2) is 5.01 Å². The molecule has 6 nitrogen and oxygen atoms in total. The Hall–Kier alpha value is -2.39. The van der Waals surface area contributed by atoms with E-state index in [1.807, 2.05) is 7.05 Å². The first-order valence-electron chi connectivity index (χ1n) is 9.74. The van der Waals surface area contributed by atoms with Crippen LogP contribution in [0.4, 0.5) is 13.9 Å². The smallest absolute Gasteiger partial charge is 0.208 e. The average Bonchev–Trinajstić information content (AvgIpc) is 3.08. The van der Waals surface area contributed by atoms with Crippen molar-refractivity contribution in [1.29, 1.82) is 5.41 Å². The molecule has 1 aliphatic heterocycles. The second-order valence-corrected chi connectivity index (χ2v) is 9.99. The first-order chi connectivity index (χ1) is 14.0. The molecule has 0 amide bonds. The number of piperidine rings is 1. The van der Waals surface area contributed by atoms with Crippen LogP contribution in [0.5, 0.6) is 0 Å². The Bertz CT molecular complexity index is 943. The van der Waals surface area contributed by atoms with E-state index in [4.69, 9.17) is 11.1 Å². The molecule has 0 unspecified atom stereocenters. The van der Waals surface area contributed by atoms with E-state index in [1.54, 1.807) is 0 Å². The van der Waals surface area contributed by atoms with Crippen LogP contribution in [0.1, 0.15) is 46.1 Å². The van der Waals surface area contributed by atoms with Crippen LogP contribution in [-0.4, -0.2) is 40.6 Å². The summed E-state index contributed by atoms with van der Waals surface area (Å²) in [5, 5.41) is 20.0. The van der Waals surface area contributed by atoms with Crippen LogP contribution in [0.3, 0.4) is 0 Å². The highest BCUT2D eigenvalue weighted by atomic mass is 32.1. The van der Waals surface area contributed by atoms with Crippen molar-refractivity contribution < 1.29 is 8.78 Å². The van der Waals surface area contributed by atoms with Crippen LogP contribution in [0.25, 0.3) is 16.1 Å². The Kier molecular flexibility index (Phi) is 5.97. The Morgan fingerprint density at radius 3 is 2.27 bits per heavy atom. The van der Waals surface area contributed by atoms with E-state index in [0.717, 1.165) is 48.7 Å². The fourth-order valence-corrected chi connectivity index (χ4v) is 5.26. The number of anilines is 1. The van der Waals surface area contributed by atoms with E-state index in [9.17, 15) is 8.78 Å². The molecular weight excluding hydrogens is 406 g/mol. The molecule has 0 saturated carbocycles. The summed E-state index contributed by atoms with van der Waals surface area (Å²) in [7, 11) is 1.95. The summed E-state index contributed by atoms with van der Waals surface area (Å²) in [5.41, 5.74) is 5.56. The molecule has 0 atom stereocenters. The number of allylic oxidation sites excluding steroid dienone is 1. The molecule has 30 heavy (non-hydrogen) atoms. The first kappa shape index (κ1) is 22.3. The number of aromatic nitrogens is 2. The maximum Gasteiger partial charge on any atom is 0.208 e. The second kappa shape index (κ2) is 8.03. The van der Waals surface area contributed by atoms with Gasteiger partial charge in [0.25, 0.3) is 0 Å². The Morgan fingerprint density at radius 1 is 1.20 bits per heavy atom. The summed E-state index contributed by atoms with van der Waals surface area (Å²) in [5.74, 6) is -1.53. The molecule has 3 rings (SSSR count). The summed E-state index contributed by atoms with van der Waals surface area (Å²) in [4.78, 5) is 2.06. The van der Waals surface area contributed by atoms with Gasteiger partial charge in [0, 0.05) is 42.2 Å². The summed E-state index contributed by atoms with van der Waals surface area (Å²) in [6.45, 7) is 8.69. The molecule has 1 aliphatic rings. The van der Waals surface area contributed by atoms with Crippen molar-refractivity contribution in [2.45, 2.75) is 57.7 Å². The lowest BCUT2D eigenvalue weighted by atomic mass is 9.79. The number of nitrogens with one attached hydrogen (secondary N) is 2. The van der Waals surface area contributed by atoms with Crippen molar-refractivity contribution >= 4 is 28.3 Å². The number of hydrogen-bond acceptors (Lipinski definition) is 7. The van der Waals surface area contributed by atoms with E-state index < -0.39 is 11.6 Å². The third-order valence-electron chi connectivity index (χ3n) is 5.36. The molecule has 1 aromatic heterocycles. The molecule has 0 aliphatic carbocycles. The van der Waals surface area contributed by atoms with E-state index in [2.05, 4.69) is 48.1 Å². The average molecular weight is 435 g/mol. The summed E-state index contributed by atoms with van der Waals surface area (Å²) in [6, 6.07) is 2.54. The summed E-state index contributed by atoms with van der Waals surface area (Å²) in [6.07, 6.45) is 3.92. The fourth-order valence-electron chi connectivity index (χ4n) is 4.33. The van der Waals surface area contributed by atoms with Gasteiger partial charge in [-0.05, 0) is 58.2 Å². The lowest BCUT2D eigenvalue weighted by Gasteiger charge is -2.48. The molecule has 1 fully saturated rings. The molecule has 1 saturated heterocycles. The zero-order valence-corrected chi connectivity index (χ0v) is 18.7. The minimum atomic E-state index is -0.763. The van der Waals surface area contributed by atoms with Gasteiger partial charge in [0.2, 0.25) is 5.13 Å². The van der Waals surface area contributed by atoms with Gasteiger partial charge >= 0.3 is 0 Å². The first-order valence-corrected chi connectivity index (χ1v) is 10.6. The topological polar surface area (TPSA) is 90.9 Å². The van der Waals surface area contributed by atoms with Gasteiger partial charge in [-0.1, -0.05) is 11.3 Å². The Morgan fingerprint density at radius 2 is 1.77 bits per heavy atom. The largest absolute Gasteiger partial charge is 0.404 e. The minimum absolute atomic E-state index is 0.0364. The third-order valence-corrected chi connectivity index (χ3v) is 6.39. The van der Waals surface area contributed by atoms with Crippen molar-refractivity contribution in [3.05, 3.63) is 35.5 Å². The van der Waals surface area contributed by atoms with Gasteiger partial charge in [-0.25, -0.2) is 8.78 Å². The molecule has 4 N–H and O–H groups in total. The number of halogens is 2. The van der Waals surface area contributed by atoms with Gasteiger partial charge in [0.1, 0.15) is 11.6 Å². The van der Waals surface area contributed by atoms with Crippen molar-refractivity contribution in [3.63, 3.8) is 0 Å². The van der Waals surface area contributed by atoms with Gasteiger partial charge in [-0.15, -0.1) is 10.2 Å². The minimum Gasteiger partial charge on any atom is -0.404 e. The van der Waals surface area contributed by atoms with Crippen LogP contribution < -0.4 is 16.0 Å². The molecule has 9 heteroatoms.